The first kappa shape index (κ1) is 20.6. The van der Waals surface area contributed by atoms with Crippen LogP contribution in [0.1, 0.15) is 45.7 Å². The lowest BCUT2D eigenvalue weighted by atomic mass is 10.0. The van der Waals surface area contributed by atoms with Crippen LogP contribution >= 0.6 is 0 Å². The van der Waals surface area contributed by atoms with Crippen molar-refractivity contribution in [1.82, 2.24) is 4.57 Å². The minimum Gasteiger partial charge on any atom is -0.451 e. The van der Waals surface area contributed by atoms with Crippen LogP contribution in [0.15, 0.2) is 60.9 Å². The Hall–Kier alpha value is -3.67. The molecule has 158 valence electrons. The topological polar surface area (TPSA) is 68.6 Å². The molecule has 0 saturated heterocycles. The van der Waals surface area contributed by atoms with E-state index >= 15 is 0 Å². The maximum atomic E-state index is 12.9. The van der Waals surface area contributed by atoms with Gasteiger partial charge in [-0.05, 0) is 73.9 Å². The van der Waals surface area contributed by atoms with Gasteiger partial charge in [0, 0.05) is 42.8 Å². The van der Waals surface area contributed by atoms with Crippen molar-refractivity contribution < 1.29 is 19.1 Å². The highest BCUT2D eigenvalue weighted by Crippen LogP contribution is 2.29. The second kappa shape index (κ2) is 8.22. The number of aromatic nitrogens is 1. The molecule has 0 saturated carbocycles. The summed E-state index contributed by atoms with van der Waals surface area (Å²) in [5.41, 5.74) is 4.56. The van der Waals surface area contributed by atoms with Gasteiger partial charge < -0.3 is 14.2 Å². The van der Waals surface area contributed by atoms with E-state index in [0.29, 0.717) is 24.1 Å². The fraction of sp³-hybridized carbons (Fsp3) is 0.240. The van der Waals surface area contributed by atoms with Crippen molar-refractivity contribution in [3.05, 3.63) is 83.2 Å². The van der Waals surface area contributed by atoms with Crippen molar-refractivity contribution in [3.8, 4) is 5.69 Å². The molecule has 1 amide bonds. The Balaban J connectivity index is 1.49. The molecule has 1 atom stereocenters. The van der Waals surface area contributed by atoms with Crippen LogP contribution in [-0.4, -0.2) is 34.9 Å². The first-order valence-electron chi connectivity index (χ1n) is 10.3. The summed E-state index contributed by atoms with van der Waals surface area (Å²) in [4.78, 5) is 39.0. The smallest absolute Gasteiger partial charge is 0.338 e. The summed E-state index contributed by atoms with van der Waals surface area (Å²) in [5.74, 6) is -0.828. The number of nitrogens with zero attached hydrogens (tertiary/aromatic N) is 2. The van der Waals surface area contributed by atoms with E-state index in [1.807, 2.05) is 42.1 Å². The standard InChI is InChI=1S/C25H24N2O4/c1-16-6-7-21(15-23(16)26-11-4-5-12-26)25(30)31-17(2)24(29)20-8-9-22-19(14-20)10-13-27(22)18(3)28/h4-9,11-12,14-15,17H,10,13H2,1-3H3. The summed E-state index contributed by atoms with van der Waals surface area (Å²) >= 11 is 0. The number of ether oxygens (including phenoxy) is 1. The molecule has 6 heteroatoms. The van der Waals surface area contributed by atoms with Gasteiger partial charge in [-0.25, -0.2) is 4.79 Å². The van der Waals surface area contributed by atoms with E-state index in [1.165, 1.54) is 6.92 Å². The number of aryl methyl sites for hydroxylation is 1. The largest absolute Gasteiger partial charge is 0.451 e. The van der Waals surface area contributed by atoms with Crippen LogP contribution in [0.4, 0.5) is 5.69 Å². The lowest BCUT2D eigenvalue weighted by Crippen LogP contribution is -2.26. The maximum absolute atomic E-state index is 12.9. The monoisotopic (exact) mass is 416 g/mol. The lowest BCUT2D eigenvalue weighted by Gasteiger charge is -2.16. The summed E-state index contributed by atoms with van der Waals surface area (Å²) in [6.07, 6.45) is 3.60. The van der Waals surface area contributed by atoms with Gasteiger partial charge in [-0.3, -0.25) is 9.59 Å². The molecule has 0 N–H and O–H groups in total. The zero-order chi connectivity index (χ0) is 22.1. The highest BCUT2D eigenvalue weighted by atomic mass is 16.5. The fourth-order valence-electron chi connectivity index (χ4n) is 3.91. The van der Waals surface area contributed by atoms with Crippen LogP contribution in [0.2, 0.25) is 0 Å². The number of carbonyl (C=O) groups is 3. The number of esters is 1. The molecule has 3 aromatic rings. The maximum Gasteiger partial charge on any atom is 0.338 e. The predicted molar refractivity (Wildman–Crippen MR) is 118 cm³/mol. The molecule has 2 heterocycles. The van der Waals surface area contributed by atoms with Gasteiger partial charge in [-0.2, -0.15) is 0 Å². The van der Waals surface area contributed by atoms with Crippen molar-refractivity contribution in [2.24, 2.45) is 0 Å². The van der Waals surface area contributed by atoms with Crippen LogP contribution in [0, 0.1) is 6.92 Å². The van der Waals surface area contributed by atoms with E-state index in [1.54, 1.807) is 42.2 Å². The third-order valence-corrected chi connectivity index (χ3v) is 5.62. The van der Waals surface area contributed by atoms with Crippen LogP contribution in [0.25, 0.3) is 5.69 Å². The van der Waals surface area contributed by atoms with Gasteiger partial charge in [0.15, 0.2) is 6.10 Å². The first-order chi connectivity index (χ1) is 14.8. The first-order valence-corrected chi connectivity index (χ1v) is 10.3. The molecule has 0 spiro atoms. The van der Waals surface area contributed by atoms with E-state index in [9.17, 15) is 14.4 Å². The van der Waals surface area contributed by atoms with Crippen molar-refractivity contribution in [2.75, 3.05) is 11.4 Å². The summed E-state index contributed by atoms with van der Waals surface area (Å²) in [5, 5.41) is 0. The Labute approximate surface area is 181 Å². The zero-order valence-electron chi connectivity index (χ0n) is 17.8. The highest BCUT2D eigenvalue weighted by molar-refractivity contribution is 6.03. The summed E-state index contributed by atoms with van der Waals surface area (Å²) in [6.45, 7) is 5.69. The molecule has 0 aliphatic carbocycles. The number of amides is 1. The van der Waals surface area contributed by atoms with Gasteiger partial charge in [0.25, 0.3) is 0 Å². The molecule has 1 aromatic heterocycles. The molecule has 0 bridgehead atoms. The van der Waals surface area contributed by atoms with E-state index in [2.05, 4.69) is 0 Å². The molecule has 31 heavy (non-hydrogen) atoms. The number of anilines is 1. The Kier molecular flexibility index (Phi) is 5.46. The van der Waals surface area contributed by atoms with E-state index in [-0.39, 0.29) is 11.7 Å². The molecule has 4 rings (SSSR count). The summed E-state index contributed by atoms with van der Waals surface area (Å²) in [7, 11) is 0. The van der Waals surface area contributed by atoms with Gasteiger partial charge in [-0.1, -0.05) is 6.07 Å². The second-order valence-corrected chi connectivity index (χ2v) is 7.77. The minimum atomic E-state index is -0.924. The van der Waals surface area contributed by atoms with Crippen LogP contribution < -0.4 is 4.90 Å². The molecule has 1 unspecified atom stereocenters. The normalized spacial score (nSPS) is 13.6. The van der Waals surface area contributed by atoms with E-state index in [0.717, 1.165) is 22.5 Å². The van der Waals surface area contributed by atoms with Crippen molar-refractivity contribution in [3.63, 3.8) is 0 Å². The van der Waals surface area contributed by atoms with Gasteiger partial charge in [0.2, 0.25) is 11.7 Å². The Bertz CT molecular complexity index is 1160. The van der Waals surface area contributed by atoms with Crippen molar-refractivity contribution in [1.29, 1.82) is 0 Å². The summed E-state index contributed by atoms with van der Waals surface area (Å²) < 4.78 is 7.41. The Morgan fingerprint density at radius 1 is 0.968 bits per heavy atom. The van der Waals surface area contributed by atoms with Crippen LogP contribution in [0.3, 0.4) is 0 Å². The lowest BCUT2D eigenvalue weighted by molar-refractivity contribution is -0.116. The second-order valence-electron chi connectivity index (χ2n) is 7.77. The fourth-order valence-corrected chi connectivity index (χ4v) is 3.91. The quantitative estimate of drug-likeness (QED) is 0.463. The number of ketones is 1. The van der Waals surface area contributed by atoms with Crippen LogP contribution in [0.5, 0.6) is 0 Å². The number of rotatable bonds is 5. The molecule has 1 aliphatic heterocycles. The van der Waals surface area contributed by atoms with Gasteiger partial charge in [0.05, 0.1) is 5.56 Å². The third kappa shape index (κ3) is 4.01. The highest BCUT2D eigenvalue weighted by Gasteiger charge is 2.26. The number of hydrogen-bond acceptors (Lipinski definition) is 4. The molecular weight excluding hydrogens is 392 g/mol. The Morgan fingerprint density at radius 2 is 1.68 bits per heavy atom. The summed E-state index contributed by atoms with van der Waals surface area (Å²) in [6, 6.07) is 14.4. The average molecular weight is 416 g/mol. The van der Waals surface area contributed by atoms with E-state index < -0.39 is 12.1 Å². The molecule has 6 nitrogen and oxygen atoms in total. The van der Waals surface area contributed by atoms with Crippen molar-refractivity contribution in [2.45, 2.75) is 33.3 Å². The molecule has 2 aromatic carbocycles. The van der Waals surface area contributed by atoms with Gasteiger partial charge >= 0.3 is 5.97 Å². The molecule has 0 fully saturated rings. The zero-order valence-corrected chi connectivity index (χ0v) is 17.8. The average Bonchev–Trinajstić information content (AvgIpc) is 3.42. The molecular formula is C25H24N2O4. The number of Topliss-reactive ketones (excluding diaryl/α,β-unsaturated/α-hetero) is 1. The Morgan fingerprint density at radius 3 is 2.39 bits per heavy atom. The van der Waals surface area contributed by atoms with Crippen molar-refractivity contribution >= 4 is 23.3 Å². The molecule has 0 radical (unpaired) electrons. The van der Waals surface area contributed by atoms with Crippen LogP contribution in [-0.2, 0) is 16.0 Å². The van der Waals surface area contributed by atoms with E-state index in [4.69, 9.17) is 4.74 Å². The number of carbonyl (C=O) groups excluding carboxylic acids is 3. The van der Waals surface area contributed by atoms with Gasteiger partial charge in [0.1, 0.15) is 0 Å². The number of benzene rings is 2. The predicted octanol–water partition coefficient (Wildman–Crippen LogP) is 4.12. The number of hydrogen-bond donors (Lipinski definition) is 0. The minimum absolute atomic E-state index is 0.0162. The number of fused-ring (bicyclic) bond motifs is 1. The third-order valence-electron chi connectivity index (χ3n) is 5.62. The SMILES string of the molecule is CC(=O)N1CCc2cc(C(=O)C(C)OC(=O)c3ccc(C)c(-n4cccc4)c3)ccc21. The van der Waals surface area contributed by atoms with Gasteiger partial charge in [-0.15, -0.1) is 0 Å². The molecule has 1 aliphatic rings.